The Morgan fingerprint density at radius 3 is 2.63 bits per heavy atom. The zero-order valence-corrected chi connectivity index (χ0v) is 10.7. The molecule has 0 aliphatic carbocycles. The summed E-state index contributed by atoms with van der Waals surface area (Å²) in [5, 5.41) is 10.1. The molecule has 19 heavy (non-hydrogen) atoms. The molecule has 1 aliphatic rings. The lowest BCUT2D eigenvalue weighted by atomic mass is 10.1. The van der Waals surface area contributed by atoms with Gasteiger partial charge in [-0.15, -0.1) is 0 Å². The summed E-state index contributed by atoms with van der Waals surface area (Å²) < 4.78 is 0. The fourth-order valence-corrected chi connectivity index (χ4v) is 2.61. The van der Waals surface area contributed by atoms with E-state index in [-0.39, 0.29) is 5.56 Å². The Morgan fingerprint density at radius 1 is 1.11 bits per heavy atom. The van der Waals surface area contributed by atoms with Gasteiger partial charge >= 0.3 is 5.97 Å². The van der Waals surface area contributed by atoms with Crippen LogP contribution in [0.1, 0.15) is 29.6 Å². The van der Waals surface area contributed by atoms with Crippen molar-refractivity contribution in [2.45, 2.75) is 19.3 Å². The van der Waals surface area contributed by atoms with E-state index in [0.29, 0.717) is 5.52 Å². The van der Waals surface area contributed by atoms with Crippen molar-refractivity contribution in [2.75, 3.05) is 18.0 Å². The molecular weight excluding hydrogens is 240 g/mol. The third-order valence-corrected chi connectivity index (χ3v) is 3.62. The van der Waals surface area contributed by atoms with Crippen molar-refractivity contribution in [1.82, 2.24) is 4.98 Å². The first-order valence-corrected chi connectivity index (χ1v) is 6.64. The van der Waals surface area contributed by atoms with Crippen molar-refractivity contribution in [2.24, 2.45) is 0 Å². The second-order valence-corrected chi connectivity index (χ2v) is 4.90. The van der Waals surface area contributed by atoms with Crippen LogP contribution in [0.3, 0.4) is 0 Å². The number of nitrogens with zero attached hydrogens (tertiary/aromatic N) is 2. The highest BCUT2D eigenvalue weighted by Gasteiger charge is 2.14. The van der Waals surface area contributed by atoms with Crippen LogP contribution in [-0.2, 0) is 0 Å². The lowest BCUT2D eigenvalue weighted by Crippen LogP contribution is -2.30. The molecule has 2 aromatic rings. The van der Waals surface area contributed by atoms with Crippen molar-refractivity contribution < 1.29 is 9.90 Å². The van der Waals surface area contributed by atoms with Gasteiger partial charge in [0.25, 0.3) is 0 Å². The number of para-hydroxylation sites is 1. The molecule has 1 N–H and O–H groups in total. The molecule has 3 rings (SSSR count). The van der Waals surface area contributed by atoms with E-state index >= 15 is 0 Å². The van der Waals surface area contributed by atoms with Gasteiger partial charge in [0, 0.05) is 18.5 Å². The molecule has 0 radical (unpaired) electrons. The Morgan fingerprint density at radius 2 is 1.89 bits per heavy atom. The Labute approximate surface area is 111 Å². The molecule has 0 bridgehead atoms. The van der Waals surface area contributed by atoms with Crippen LogP contribution in [0.2, 0.25) is 0 Å². The molecule has 1 aromatic carbocycles. The summed E-state index contributed by atoms with van der Waals surface area (Å²) in [6, 6.07) is 9.21. The lowest BCUT2D eigenvalue weighted by molar-refractivity contribution is 0.0699. The second-order valence-electron chi connectivity index (χ2n) is 4.90. The summed E-state index contributed by atoms with van der Waals surface area (Å²) in [6.07, 6.45) is 3.63. The molecule has 0 unspecified atom stereocenters. The monoisotopic (exact) mass is 256 g/mol. The molecule has 98 valence electrons. The smallest absolute Gasteiger partial charge is 0.337 e. The second kappa shape index (κ2) is 4.88. The number of aromatic nitrogens is 1. The summed E-state index contributed by atoms with van der Waals surface area (Å²) in [5.74, 6) is -0.0326. The highest BCUT2D eigenvalue weighted by molar-refractivity contribution is 6.02. The molecule has 0 atom stereocenters. The van der Waals surface area contributed by atoms with E-state index in [1.165, 1.54) is 19.3 Å². The first-order valence-electron chi connectivity index (χ1n) is 6.64. The van der Waals surface area contributed by atoms with E-state index < -0.39 is 5.97 Å². The zero-order chi connectivity index (χ0) is 13.2. The lowest BCUT2D eigenvalue weighted by Gasteiger charge is -2.27. The average Bonchev–Trinajstić information content (AvgIpc) is 2.47. The third kappa shape index (κ3) is 2.26. The fourth-order valence-electron chi connectivity index (χ4n) is 2.61. The first kappa shape index (κ1) is 12.0. The van der Waals surface area contributed by atoms with Crippen molar-refractivity contribution in [1.29, 1.82) is 0 Å². The van der Waals surface area contributed by atoms with Crippen LogP contribution < -0.4 is 4.90 Å². The van der Waals surface area contributed by atoms with Gasteiger partial charge in [-0.1, -0.05) is 12.1 Å². The molecule has 4 nitrogen and oxygen atoms in total. The summed E-state index contributed by atoms with van der Waals surface area (Å²) in [4.78, 5) is 18.1. The molecular formula is C15H16N2O2. The SMILES string of the molecule is O=C(O)c1cccc2ccc(N3CCCCC3)nc12. The van der Waals surface area contributed by atoms with Gasteiger partial charge in [-0.3, -0.25) is 0 Å². The van der Waals surface area contributed by atoms with Crippen LogP contribution in [0.25, 0.3) is 10.9 Å². The van der Waals surface area contributed by atoms with E-state index in [4.69, 9.17) is 0 Å². The van der Waals surface area contributed by atoms with E-state index in [2.05, 4.69) is 9.88 Å². The zero-order valence-electron chi connectivity index (χ0n) is 10.7. The van der Waals surface area contributed by atoms with Gasteiger partial charge in [-0.2, -0.15) is 0 Å². The Kier molecular flexibility index (Phi) is 3.07. The van der Waals surface area contributed by atoms with E-state index in [1.54, 1.807) is 12.1 Å². The number of carboxylic acids is 1. The largest absolute Gasteiger partial charge is 0.478 e. The van der Waals surface area contributed by atoms with E-state index in [1.807, 2.05) is 18.2 Å². The van der Waals surface area contributed by atoms with Crippen LogP contribution >= 0.6 is 0 Å². The normalized spacial score (nSPS) is 15.7. The quantitative estimate of drug-likeness (QED) is 0.897. The summed E-state index contributed by atoms with van der Waals surface area (Å²) in [5.41, 5.74) is 0.856. The number of piperidine rings is 1. The van der Waals surface area contributed by atoms with E-state index in [9.17, 15) is 9.90 Å². The fraction of sp³-hybridized carbons (Fsp3) is 0.333. The standard InChI is InChI=1S/C15H16N2O2/c18-15(19)12-6-4-5-11-7-8-13(16-14(11)12)17-9-2-1-3-10-17/h4-8H,1-3,9-10H2,(H,18,19). The number of hydrogen-bond acceptors (Lipinski definition) is 3. The number of carbonyl (C=O) groups is 1. The van der Waals surface area contributed by atoms with Crippen LogP contribution in [0.4, 0.5) is 5.82 Å². The van der Waals surface area contributed by atoms with Crippen molar-refractivity contribution in [3.8, 4) is 0 Å². The molecule has 4 heteroatoms. The summed E-state index contributed by atoms with van der Waals surface area (Å²) in [7, 11) is 0. The van der Waals surface area contributed by atoms with Crippen molar-refractivity contribution in [3.05, 3.63) is 35.9 Å². The van der Waals surface area contributed by atoms with E-state index in [0.717, 1.165) is 24.3 Å². The Hall–Kier alpha value is -2.10. The van der Waals surface area contributed by atoms with Crippen molar-refractivity contribution >= 4 is 22.7 Å². The maximum Gasteiger partial charge on any atom is 0.337 e. The topological polar surface area (TPSA) is 53.4 Å². The predicted molar refractivity (Wildman–Crippen MR) is 74.8 cm³/mol. The molecule has 2 heterocycles. The number of carboxylic acid groups (broad SMARTS) is 1. The maximum atomic E-state index is 11.2. The third-order valence-electron chi connectivity index (χ3n) is 3.62. The molecule has 1 fully saturated rings. The Balaban J connectivity index is 2.08. The van der Waals surface area contributed by atoms with Crippen LogP contribution in [0, 0.1) is 0 Å². The predicted octanol–water partition coefficient (Wildman–Crippen LogP) is 2.92. The molecule has 1 aromatic heterocycles. The van der Waals surface area contributed by atoms with Gasteiger partial charge in [-0.05, 0) is 37.5 Å². The summed E-state index contributed by atoms with van der Waals surface area (Å²) >= 11 is 0. The van der Waals surface area contributed by atoms with Gasteiger partial charge in [0.2, 0.25) is 0 Å². The number of aromatic carboxylic acids is 1. The number of fused-ring (bicyclic) bond motifs is 1. The van der Waals surface area contributed by atoms with Crippen molar-refractivity contribution in [3.63, 3.8) is 0 Å². The number of rotatable bonds is 2. The minimum atomic E-state index is -0.922. The van der Waals surface area contributed by atoms with Gasteiger partial charge < -0.3 is 10.0 Å². The van der Waals surface area contributed by atoms with Crippen LogP contribution in [0.5, 0.6) is 0 Å². The number of hydrogen-bond donors (Lipinski definition) is 1. The Bertz CT molecular complexity index is 619. The molecule has 0 spiro atoms. The minimum Gasteiger partial charge on any atom is -0.478 e. The maximum absolute atomic E-state index is 11.2. The average molecular weight is 256 g/mol. The number of anilines is 1. The number of pyridine rings is 1. The van der Waals surface area contributed by atoms with Gasteiger partial charge in [0.15, 0.2) is 0 Å². The first-order chi connectivity index (χ1) is 9.25. The van der Waals surface area contributed by atoms with Crippen LogP contribution in [0.15, 0.2) is 30.3 Å². The molecule has 0 amide bonds. The highest BCUT2D eigenvalue weighted by atomic mass is 16.4. The molecule has 1 saturated heterocycles. The van der Waals surface area contributed by atoms with Gasteiger partial charge in [0.05, 0.1) is 11.1 Å². The van der Waals surface area contributed by atoms with Gasteiger partial charge in [-0.25, -0.2) is 9.78 Å². The molecule has 0 saturated carbocycles. The van der Waals surface area contributed by atoms with Gasteiger partial charge in [0.1, 0.15) is 5.82 Å². The highest BCUT2D eigenvalue weighted by Crippen LogP contribution is 2.23. The summed E-state index contributed by atoms with van der Waals surface area (Å²) in [6.45, 7) is 2.02. The van der Waals surface area contributed by atoms with Crippen LogP contribution in [-0.4, -0.2) is 29.1 Å². The molecule has 1 aliphatic heterocycles. The minimum absolute atomic E-state index is 0.274. The number of benzene rings is 1.